The fourth-order valence-electron chi connectivity index (χ4n) is 0.995. The summed E-state index contributed by atoms with van der Waals surface area (Å²) in [6.07, 6.45) is 1.62. The van der Waals surface area contributed by atoms with Gasteiger partial charge in [-0.2, -0.15) is 0 Å². The van der Waals surface area contributed by atoms with Gasteiger partial charge in [0.2, 0.25) is 0 Å². The fourth-order valence-corrected chi connectivity index (χ4v) is 0.995. The number of allylic oxidation sites excluding steroid dienone is 1. The molecule has 0 aromatic heterocycles. The molecular formula is C10H12FN. The normalized spacial score (nSPS) is 11.8. The summed E-state index contributed by atoms with van der Waals surface area (Å²) < 4.78 is 13.1. The first-order valence-corrected chi connectivity index (χ1v) is 3.79. The van der Waals surface area contributed by atoms with Crippen molar-refractivity contribution in [1.82, 2.24) is 0 Å². The fraction of sp³-hybridized carbons (Fsp3) is 0.200. The quantitative estimate of drug-likeness (QED) is 0.679. The zero-order valence-corrected chi connectivity index (χ0v) is 7.26. The Labute approximate surface area is 71.7 Å². The minimum absolute atomic E-state index is 0.222. The van der Waals surface area contributed by atoms with Crippen LogP contribution >= 0.6 is 0 Å². The monoisotopic (exact) mass is 165 g/mol. The zero-order chi connectivity index (χ0) is 9.14. The van der Waals surface area contributed by atoms with Crippen molar-refractivity contribution in [1.29, 1.82) is 0 Å². The van der Waals surface area contributed by atoms with Crippen LogP contribution in [0.3, 0.4) is 0 Å². The Morgan fingerprint density at radius 3 is 2.67 bits per heavy atom. The van der Waals surface area contributed by atoms with Crippen LogP contribution in [0.4, 0.5) is 4.39 Å². The zero-order valence-electron chi connectivity index (χ0n) is 7.26. The molecule has 0 heterocycles. The van der Waals surface area contributed by atoms with Gasteiger partial charge < -0.3 is 5.73 Å². The van der Waals surface area contributed by atoms with Crippen molar-refractivity contribution in [3.63, 3.8) is 0 Å². The summed E-state index contributed by atoms with van der Waals surface area (Å²) in [5, 5.41) is 0. The first-order chi connectivity index (χ1) is 5.59. The van der Waals surface area contributed by atoms with E-state index in [1.165, 1.54) is 6.07 Å². The molecule has 0 amide bonds. The molecule has 0 saturated carbocycles. The number of halogens is 1. The van der Waals surface area contributed by atoms with E-state index in [4.69, 9.17) is 5.73 Å². The van der Waals surface area contributed by atoms with Crippen LogP contribution in [0.2, 0.25) is 0 Å². The summed E-state index contributed by atoms with van der Waals surface area (Å²) in [5.74, 6) is -0.222. The van der Waals surface area contributed by atoms with E-state index < -0.39 is 0 Å². The number of rotatable bonds is 1. The predicted octanol–water partition coefficient (Wildman–Crippen LogP) is 2.45. The maximum absolute atomic E-state index is 13.1. The predicted molar refractivity (Wildman–Crippen MR) is 49.0 cm³/mol. The summed E-state index contributed by atoms with van der Waals surface area (Å²) in [6, 6.07) is 5.08. The topological polar surface area (TPSA) is 26.0 Å². The molecule has 1 aromatic rings. The first-order valence-electron chi connectivity index (χ1n) is 3.79. The van der Waals surface area contributed by atoms with Gasteiger partial charge >= 0.3 is 0 Å². The molecule has 0 fully saturated rings. The van der Waals surface area contributed by atoms with E-state index in [1.54, 1.807) is 19.1 Å². The smallest absolute Gasteiger partial charge is 0.130 e. The lowest BCUT2D eigenvalue weighted by atomic mass is 10.1. The molecule has 1 nitrogen and oxygen atoms in total. The summed E-state index contributed by atoms with van der Waals surface area (Å²) in [6.45, 7) is 3.59. The Morgan fingerprint density at radius 2 is 2.17 bits per heavy atom. The summed E-state index contributed by atoms with van der Waals surface area (Å²) in [5.41, 5.74) is 7.49. The highest BCUT2D eigenvalue weighted by atomic mass is 19.1. The van der Waals surface area contributed by atoms with E-state index in [1.807, 2.05) is 13.0 Å². The highest BCUT2D eigenvalue weighted by molar-refractivity contribution is 5.52. The van der Waals surface area contributed by atoms with Crippen molar-refractivity contribution in [3.05, 3.63) is 40.8 Å². The van der Waals surface area contributed by atoms with Crippen molar-refractivity contribution >= 4 is 6.08 Å². The number of hydrogen-bond donors (Lipinski definition) is 1. The van der Waals surface area contributed by atoms with Gasteiger partial charge in [-0.15, -0.1) is 0 Å². The Kier molecular flexibility index (Phi) is 2.48. The van der Waals surface area contributed by atoms with Gasteiger partial charge in [-0.3, -0.25) is 0 Å². The van der Waals surface area contributed by atoms with E-state index in [0.29, 0.717) is 11.3 Å². The highest BCUT2D eigenvalue weighted by Crippen LogP contribution is 2.11. The van der Waals surface area contributed by atoms with Crippen molar-refractivity contribution in [2.75, 3.05) is 0 Å². The van der Waals surface area contributed by atoms with E-state index in [-0.39, 0.29) is 5.82 Å². The van der Waals surface area contributed by atoms with Gasteiger partial charge in [0.05, 0.1) is 0 Å². The molecular weight excluding hydrogens is 153 g/mol. The van der Waals surface area contributed by atoms with Crippen LogP contribution in [0.1, 0.15) is 18.1 Å². The van der Waals surface area contributed by atoms with E-state index in [9.17, 15) is 4.39 Å². The van der Waals surface area contributed by atoms with Gasteiger partial charge in [-0.1, -0.05) is 12.1 Å². The van der Waals surface area contributed by atoms with E-state index in [0.717, 1.165) is 5.56 Å². The molecule has 1 rings (SSSR count). The lowest BCUT2D eigenvalue weighted by molar-refractivity contribution is 0.623. The molecule has 0 radical (unpaired) electrons. The molecule has 0 aliphatic rings. The molecule has 2 N–H and O–H groups in total. The Morgan fingerprint density at radius 1 is 1.50 bits per heavy atom. The average Bonchev–Trinajstić information content (AvgIpc) is 1.94. The van der Waals surface area contributed by atoms with E-state index in [2.05, 4.69) is 0 Å². The van der Waals surface area contributed by atoms with Gasteiger partial charge in [-0.05, 0) is 31.6 Å². The number of hydrogen-bond acceptors (Lipinski definition) is 1. The van der Waals surface area contributed by atoms with Gasteiger partial charge in [0.1, 0.15) is 5.82 Å². The van der Waals surface area contributed by atoms with Gasteiger partial charge in [-0.25, -0.2) is 4.39 Å². The van der Waals surface area contributed by atoms with Crippen LogP contribution in [-0.4, -0.2) is 0 Å². The minimum atomic E-state index is -0.222. The Bertz CT molecular complexity index is 312. The molecule has 0 aliphatic heterocycles. The molecule has 0 unspecified atom stereocenters. The first kappa shape index (κ1) is 8.78. The molecule has 64 valence electrons. The van der Waals surface area contributed by atoms with Crippen molar-refractivity contribution in [3.8, 4) is 0 Å². The average molecular weight is 165 g/mol. The highest BCUT2D eigenvalue weighted by Gasteiger charge is 1.97. The molecule has 0 bridgehead atoms. The summed E-state index contributed by atoms with van der Waals surface area (Å²) in [4.78, 5) is 0. The van der Waals surface area contributed by atoms with Gasteiger partial charge in [0.25, 0.3) is 0 Å². The van der Waals surface area contributed by atoms with Crippen molar-refractivity contribution in [2.24, 2.45) is 5.73 Å². The Hall–Kier alpha value is -1.31. The minimum Gasteiger partial charge on any atom is -0.402 e. The van der Waals surface area contributed by atoms with Crippen LogP contribution in [0.5, 0.6) is 0 Å². The van der Waals surface area contributed by atoms with Crippen LogP contribution in [0.25, 0.3) is 6.08 Å². The summed E-state index contributed by atoms with van der Waals surface area (Å²) >= 11 is 0. The number of aryl methyl sites for hydroxylation is 1. The molecule has 0 atom stereocenters. The third kappa shape index (κ3) is 2.09. The lowest BCUT2D eigenvalue weighted by Crippen LogP contribution is -1.91. The second kappa shape index (κ2) is 3.39. The molecule has 2 heteroatoms. The van der Waals surface area contributed by atoms with E-state index >= 15 is 0 Å². The SMILES string of the molecule is C/C(N)=C/c1ccc(C)cc1F. The van der Waals surface area contributed by atoms with Gasteiger partial charge in [0.15, 0.2) is 0 Å². The lowest BCUT2D eigenvalue weighted by Gasteiger charge is -1.98. The van der Waals surface area contributed by atoms with Crippen molar-refractivity contribution < 1.29 is 4.39 Å². The third-order valence-corrected chi connectivity index (χ3v) is 1.54. The molecule has 0 aliphatic carbocycles. The molecule has 1 aromatic carbocycles. The maximum atomic E-state index is 13.1. The number of nitrogens with two attached hydrogens (primary N) is 1. The Balaban J connectivity index is 3.10. The second-order valence-electron chi connectivity index (χ2n) is 2.91. The van der Waals surface area contributed by atoms with Gasteiger partial charge in [0, 0.05) is 11.3 Å². The van der Waals surface area contributed by atoms with Crippen molar-refractivity contribution in [2.45, 2.75) is 13.8 Å². The summed E-state index contributed by atoms with van der Waals surface area (Å²) in [7, 11) is 0. The standard InChI is InChI=1S/C10H12FN/c1-7-3-4-9(6-8(2)12)10(11)5-7/h3-6H,12H2,1-2H3/b8-6-. The molecule has 0 saturated heterocycles. The van der Waals surface area contributed by atoms with Crippen LogP contribution in [-0.2, 0) is 0 Å². The molecule has 12 heavy (non-hydrogen) atoms. The largest absolute Gasteiger partial charge is 0.402 e. The van der Waals surface area contributed by atoms with Crippen LogP contribution in [0, 0.1) is 12.7 Å². The van der Waals surface area contributed by atoms with Crippen LogP contribution < -0.4 is 5.73 Å². The second-order valence-corrected chi connectivity index (χ2v) is 2.91. The number of benzene rings is 1. The third-order valence-electron chi connectivity index (χ3n) is 1.54. The van der Waals surface area contributed by atoms with Crippen LogP contribution in [0.15, 0.2) is 23.9 Å². The maximum Gasteiger partial charge on any atom is 0.130 e. The molecule has 0 spiro atoms.